The number of aliphatic hydroxyl groups is 6. The van der Waals surface area contributed by atoms with Crippen molar-refractivity contribution < 1.29 is 78.8 Å². The number of nitrogens with two attached hydrogens (primary N) is 2. The first-order valence-corrected chi connectivity index (χ1v) is 30.3. The van der Waals surface area contributed by atoms with Crippen molar-refractivity contribution in [2.75, 3.05) is 57.3 Å². The molecule has 8 rings (SSSR count). The van der Waals surface area contributed by atoms with Crippen molar-refractivity contribution in [2.45, 2.75) is 170 Å². The monoisotopic (exact) mass is 1290 g/mol. The number of hydrogen-bond donors (Lipinski definition) is 14. The van der Waals surface area contributed by atoms with Gasteiger partial charge in [0.25, 0.3) is 5.91 Å². The number of carbonyl (C=O) groups excluding carboxylic acids is 7. The van der Waals surface area contributed by atoms with Crippen molar-refractivity contribution in [1.82, 2.24) is 36.4 Å². The lowest BCUT2D eigenvalue weighted by molar-refractivity contribution is -0.147. The lowest BCUT2D eigenvalue weighted by Crippen LogP contribution is -2.64. The number of aromatic hydroxyl groups is 1. The summed E-state index contributed by atoms with van der Waals surface area (Å²) in [6, 6.07) is 7.79. The van der Waals surface area contributed by atoms with E-state index in [1.165, 1.54) is 44.4 Å². The van der Waals surface area contributed by atoms with Crippen LogP contribution in [0.3, 0.4) is 0 Å². The third-order valence-electron chi connectivity index (χ3n) is 17.1. The molecule has 1 saturated carbocycles. The average Bonchev–Trinajstić information content (AvgIpc) is 2.77. The Balaban J connectivity index is 0.00000631. The Morgan fingerprint density at radius 3 is 1.96 bits per heavy atom. The van der Waals surface area contributed by atoms with Gasteiger partial charge >= 0.3 is 0 Å². The lowest BCUT2D eigenvalue weighted by atomic mass is 9.97. The van der Waals surface area contributed by atoms with Crippen LogP contribution >= 0.6 is 24.8 Å². The van der Waals surface area contributed by atoms with E-state index in [-0.39, 0.29) is 86.2 Å². The van der Waals surface area contributed by atoms with Gasteiger partial charge in [-0.25, -0.2) is 0 Å². The van der Waals surface area contributed by atoms with Crippen LogP contribution in [0.5, 0.6) is 11.5 Å². The summed E-state index contributed by atoms with van der Waals surface area (Å²) >= 11 is 0. The minimum absolute atomic E-state index is 0. The van der Waals surface area contributed by atoms with Crippen molar-refractivity contribution in [3.63, 3.8) is 0 Å². The second kappa shape index (κ2) is 33.1. The van der Waals surface area contributed by atoms with E-state index in [0.717, 1.165) is 65.4 Å². The first-order chi connectivity index (χ1) is 41.6. The van der Waals surface area contributed by atoms with Crippen LogP contribution in [0.15, 0.2) is 66.7 Å². The highest BCUT2D eigenvalue weighted by molar-refractivity contribution is 6.00. The van der Waals surface area contributed by atoms with E-state index >= 15 is 0 Å². The fraction of sp³-hybridized carbons (Fsp3) is 0.590. The van der Waals surface area contributed by atoms with Crippen LogP contribution in [0.25, 0.3) is 11.1 Å². The number of phenolic OH excluding ortho intramolecular Hbond substituents is 1. The molecule has 28 heteroatoms. The number of aliphatic hydroxyl groups excluding tert-OH is 6. The Labute approximate surface area is 529 Å². The number of anilines is 1. The number of β-amino-alcohol motifs (C(OH)–C–C–N with tert-alkyl or cyclic N) is 1. The summed E-state index contributed by atoms with van der Waals surface area (Å²) in [7, 11) is 0. The SMILES string of the molecule is C[C@@H](O)[C@@H]1NC(=O)[C@@H](NC(=O)c2ccc(-c3ccc(N4CCC(OC5CCCCC5)CC4)cc3)cc2)C[C@@H](O)CNC(=O)[C@@H]2[C@@H](O)[C@@H](C)CN2C(=O)[C@H]([C@H](O)CCN)NC(=O)[C@H]([C@H](O)Cc2ccc(O)c(OCCN)c2)NC(=O)[C@@H]2C[C@@H](O)CN2C1=O.Cl.Cl. The first-order valence-electron chi connectivity index (χ1n) is 30.3. The van der Waals surface area contributed by atoms with E-state index in [2.05, 4.69) is 43.6 Å². The molecule has 0 radical (unpaired) electrons. The van der Waals surface area contributed by atoms with Crippen LogP contribution in [-0.2, 0) is 39.9 Å². The van der Waals surface area contributed by atoms with Gasteiger partial charge in [-0.2, -0.15) is 0 Å². The van der Waals surface area contributed by atoms with Crippen LogP contribution in [0.4, 0.5) is 5.69 Å². The highest BCUT2D eigenvalue weighted by atomic mass is 35.5. The molecule has 5 aliphatic rings. The third kappa shape index (κ3) is 18.2. The molecule has 0 spiro atoms. The normalized spacial score (nSPS) is 27.4. The molecule has 1 aliphatic carbocycles. The van der Waals surface area contributed by atoms with Gasteiger partial charge in [0.1, 0.15) is 42.9 Å². The zero-order chi connectivity index (χ0) is 62.6. The summed E-state index contributed by atoms with van der Waals surface area (Å²) in [6.07, 6.45) is -3.15. The Kier molecular flexibility index (Phi) is 26.6. The van der Waals surface area contributed by atoms with Gasteiger partial charge in [-0.1, -0.05) is 56.5 Å². The number of ether oxygens (including phenoxy) is 2. The molecule has 26 nitrogen and oxygen atoms in total. The maximum atomic E-state index is 14.7. The maximum Gasteiger partial charge on any atom is 0.251 e. The number of fused-ring (bicyclic) bond motifs is 2. The van der Waals surface area contributed by atoms with Gasteiger partial charge in [0.2, 0.25) is 35.4 Å². The van der Waals surface area contributed by atoms with E-state index in [9.17, 15) is 69.3 Å². The molecule has 0 unspecified atom stereocenters. The van der Waals surface area contributed by atoms with Gasteiger partial charge in [0.15, 0.2) is 11.5 Å². The number of nitrogens with one attached hydrogen (secondary N) is 5. The highest BCUT2D eigenvalue weighted by Crippen LogP contribution is 2.32. The average molecular weight is 1290 g/mol. The molecule has 492 valence electrons. The Morgan fingerprint density at radius 2 is 1.31 bits per heavy atom. The third-order valence-corrected chi connectivity index (χ3v) is 17.1. The molecule has 4 heterocycles. The van der Waals surface area contributed by atoms with Crippen LogP contribution in [-0.4, -0.2) is 224 Å². The van der Waals surface area contributed by atoms with Crippen LogP contribution in [0.2, 0.25) is 0 Å². The largest absolute Gasteiger partial charge is 0.504 e. The van der Waals surface area contributed by atoms with Crippen molar-refractivity contribution in [2.24, 2.45) is 17.4 Å². The topological polar surface area (TPSA) is 401 Å². The summed E-state index contributed by atoms with van der Waals surface area (Å²) < 4.78 is 12.0. The summed E-state index contributed by atoms with van der Waals surface area (Å²) in [5.74, 6) is -8.49. The Morgan fingerprint density at radius 1 is 0.697 bits per heavy atom. The number of hydrogen-bond acceptors (Lipinski definition) is 19. The molecule has 3 aromatic rings. The minimum atomic E-state index is -2.03. The smallest absolute Gasteiger partial charge is 0.251 e. The maximum absolute atomic E-state index is 14.7. The number of piperidine rings is 1. The molecule has 5 fully saturated rings. The van der Waals surface area contributed by atoms with Gasteiger partial charge < -0.3 is 98.0 Å². The number of nitrogens with zero attached hydrogens (tertiary/aromatic N) is 3. The molecule has 4 saturated heterocycles. The lowest BCUT2D eigenvalue weighted by Gasteiger charge is -2.36. The predicted octanol–water partition coefficient (Wildman–Crippen LogP) is -1.14. The van der Waals surface area contributed by atoms with Crippen LogP contribution < -0.4 is 47.7 Å². The molecule has 7 amide bonds. The van der Waals surface area contributed by atoms with E-state index < -0.39 is 152 Å². The molecular weight excluding hydrogens is 1200 g/mol. The summed E-state index contributed by atoms with van der Waals surface area (Å²) in [6.45, 7) is 2.92. The minimum Gasteiger partial charge on any atom is -0.504 e. The van der Waals surface area contributed by atoms with E-state index in [0.29, 0.717) is 6.10 Å². The second-order valence-electron chi connectivity index (χ2n) is 23.7. The predicted molar refractivity (Wildman–Crippen MR) is 331 cm³/mol. The molecule has 3 aromatic carbocycles. The van der Waals surface area contributed by atoms with E-state index in [1.54, 1.807) is 31.2 Å². The number of carbonyl (C=O) groups is 7. The summed E-state index contributed by atoms with van der Waals surface area (Å²) in [4.78, 5) is 105. The van der Waals surface area contributed by atoms with Crippen molar-refractivity contribution in [1.29, 1.82) is 0 Å². The van der Waals surface area contributed by atoms with E-state index in [1.807, 2.05) is 12.1 Å². The molecule has 4 aliphatic heterocycles. The van der Waals surface area contributed by atoms with Crippen LogP contribution in [0.1, 0.15) is 94.0 Å². The first kappa shape index (κ1) is 71.6. The molecule has 13 atom stereocenters. The van der Waals surface area contributed by atoms with E-state index in [4.69, 9.17) is 20.9 Å². The zero-order valence-electron chi connectivity index (χ0n) is 50.1. The van der Waals surface area contributed by atoms with Gasteiger partial charge in [0.05, 0.1) is 48.8 Å². The van der Waals surface area contributed by atoms with Gasteiger partial charge in [-0.15, -0.1) is 24.8 Å². The standard InChI is InChI=1S/C61H86N10O16.2ClH/c1-33-31-71-53(54(33)78)59(83)64-30-40(73)28-44(65-55(79)38-11-9-36(10-12-38)37-13-15-39(16-14-37)69-23-19-43(20-24-69)87-42-6-4-3-5-7-42)56(80)66-50(34(2)72)60(84)70-32-41(74)29-45(70)57(81)67-51(58(82)68-52(61(71)85)47(76)18-21-62)48(77)26-35-8-17-46(75)49(27-35)86-25-22-63;;/h8-17,27,33-34,40-45,47-48,50-54,72-78H,3-7,18-26,28-32,62-63H2,1-2H3,(H,64,83)(H,65,79)(H,66,80)(H,67,81)(H,68,82);2*1H/t33-,34+,40+,41+,44-,45-,47+,48+,50-,51-,52-,53-,54-;;/m0../s1. The van der Waals surface area contributed by atoms with Crippen molar-refractivity contribution in [3.05, 3.63) is 77.9 Å². The van der Waals surface area contributed by atoms with Crippen molar-refractivity contribution >= 4 is 71.9 Å². The number of rotatable bonds is 16. The zero-order valence-corrected chi connectivity index (χ0v) is 51.7. The highest BCUT2D eigenvalue weighted by Gasteiger charge is 2.50. The number of amides is 7. The molecular formula is C61H88Cl2N10O16. The van der Waals surface area contributed by atoms with Gasteiger partial charge in [-0.3, -0.25) is 33.6 Å². The molecule has 0 aromatic heterocycles. The van der Waals surface area contributed by atoms with Gasteiger partial charge in [0, 0.05) is 75.7 Å². The van der Waals surface area contributed by atoms with Gasteiger partial charge in [-0.05, 0) is 98.7 Å². The molecule has 0 bridgehead atoms. The second-order valence-corrected chi connectivity index (χ2v) is 23.7. The number of benzene rings is 3. The molecule has 89 heavy (non-hydrogen) atoms. The fourth-order valence-corrected chi connectivity index (χ4v) is 12.2. The number of halogens is 2. The Bertz CT molecular complexity index is 2870. The Hall–Kier alpha value is -6.43. The molecule has 16 N–H and O–H groups in total. The number of phenols is 1. The summed E-state index contributed by atoms with van der Waals surface area (Å²) in [5.41, 5.74) is 14.5. The van der Waals surface area contributed by atoms with Crippen LogP contribution in [0, 0.1) is 5.92 Å². The van der Waals surface area contributed by atoms with Crippen molar-refractivity contribution in [3.8, 4) is 22.6 Å². The quantitative estimate of drug-likeness (QED) is 0.0806. The summed E-state index contributed by atoms with van der Waals surface area (Å²) in [5, 5.41) is 91.4. The fourth-order valence-electron chi connectivity index (χ4n) is 12.2.